The number of nitrogen functional groups attached to an aromatic ring is 1. The van der Waals surface area contributed by atoms with Gasteiger partial charge in [-0.05, 0) is 36.1 Å². The highest BCUT2D eigenvalue weighted by Crippen LogP contribution is 2.38. The summed E-state index contributed by atoms with van der Waals surface area (Å²) in [6, 6.07) is 7.35. The second-order valence-electron chi connectivity index (χ2n) is 8.42. The van der Waals surface area contributed by atoms with Crippen molar-refractivity contribution in [3.63, 3.8) is 0 Å². The maximum atomic E-state index is 10.1. The molecule has 0 fully saturated rings. The molecular weight excluding hydrogens is 324 g/mol. The molecule has 0 bridgehead atoms. The largest absolute Gasteiger partial charge is 0.507 e. The Hall–Kier alpha value is -2.40. The first kappa shape index (κ1) is 18.4. The lowest BCUT2D eigenvalue weighted by atomic mass is 9.90. The summed E-state index contributed by atoms with van der Waals surface area (Å²) in [6.07, 6.45) is 2.83. The van der Waals surface area contributed by atoms with Crippen LogP contribution in [-0.4, -0.2) is 28.1 Å². The number of hydrogen-bond acceptors (Lipinski definition) is 4. The molecule has 2 aromatic rings. The molecule has 140 valence electrons. The predicted molar refractivity (Wildman–Crippen MR) is 109 cm³/mol. The Morgan fingerprint density at radius 3 is 2.69 bits per heavy atom. The fourth-order valence-corrected chi connectivity index (χ4v) is 3.84. The number of aromatic amines is 1. The monoisotopic (exact) mass is 354 g/mol. The van der Waals surface area contributed by atoms with Crippen LogP contribution in [0, 0.1) is 5.41 Å². The third-order valence-electron chi connectivity index (χ3n) is 5.00. The average molecular weight is 354 g/mol. The highest BCUT2D eigenvalue weighted by Gasteiger charge is 2.31. The number of fused-ring (bicyclic) bond motifs is 1. The lowest BCUT2D eigenvalue weighted by Gasteiger charge is -2.38. The van der Waals surface area contributed by atoms with Crippen LogP contribution < -0.4 is 11.5 Å². The first-order chi connectivity index (χ1) is 12.2. The number of rotatable bonds is 3. The van der Waals surface area contributed by atoms with Crippen molar-refractivity contribution < 1.29 is 5.11 Å². The van der Waals surface area contributed by atoms with Crippen LogP contribution in [0.2, 0.25) is 0 Å². The third-order valence-corrected chi connectivity index (χ3v) is 5.00. The molecule has 3 rings (SSSR count). The number of hydrogen-bond donors (Lipinski definition) is 4. The standard InChI is InChI=1S/C21H30N4O/c1-13-19-15(11-16(22)14-7-5-6-8-18(14)26)20(23)24-17(19)9-10-25(13)12-21(2,3)4/h5-8,11,13,24,26H,9-10,12,22-23H2,1-4H3/b16-11-. The Balaban J connectivity index is 2.00. The summed E-state index contributed by atoms with van der Waals surface area (Å²) in [7, 11) is 0. The van der Waals surface area contributed by atoms with E-state index in [-0.39, 0.29) is 17.2 Å². The van der Waals surface area contributed by atoms with Crippen molar-refractivity contribution in [3.05, 3.63) is 46.6 Å². The first-order valence-electron chi connectivity index (χ1n) is 9.17. The van der Waals surface area contributed by atoms with Gasteiger partial charge in [0.1, 0.15) is 11.6 Å². The van der Waals surface area contributed by atoms with E-state index >= 15 is 0 Å². The number of benzene rings is 1. The van der Waals surface area contributed by atoms with Gasteiger partial charge in [-0.25, -0.2) is 0 Å². The first-order valence-corrected chi connectivity index (χ1v) is 9.17. The highest BCUT2D eigenvalue weighted by atomic mass is 16.3. The molecule has 1 atom stereocenters. The molecule has 0 aliphatic carbocycles. The van der Waals surface area contributed by atoms with Crippen molar-refractivity contribution in [2.24, 2.45) is 11.1 Å². The summed E-state index contributed by atoms with van der Waals surface area (Å²) >= 11 is 0. The minimum absolute atomic E-state index is 0.173. The number of nitrogens with zero attached hydrogens (tertiary/aromatic N) is 1. The lowest BCUT2D eigenvalue weighted by molar-refractivity contribution is 0.138. The number of H-pyrrole nitrogens is 1. The molecule has 5 nitrogen and oxygen atoms in total. The SMILES string of the molecule is CC1c2c([nH]c(N)c2/C=C(\N)c2ccccc2O)CCN1CC(C)(C)C. The highest BCUT2D eigenvalue weighted by molar-refractivity contribution is 5.86. The Labute approximate surface area is 155 Å². The van der Waals surface area contributed by atoms with Crippen LogP contribution in [0.25, 0.3) is 11.8 Å². The zero-order valence-electron chi connectivity index (χ0n) is 16.1. The van der Waals surface area contributed by atoms with E-state index in [2.05, 4.69) is 37.6 Å². The van der Waals surface area contributed by atoms with Gasteiger partial charge in [-0.2, -0.15) is 0 Å². The van der Waals surface area contributed by atoms with E-state index in [1.807, 2.05) is 18.2 Å². The van der Waals surface area contributed by atoms with E-state index in [0.29, 0.717) is 17.1 Å². The number of anilines is 1. The van der Waals surface area contributed by atoms with E-state index in [1.54, 1.807) is 12.1 Å². The molecule has 0 saturated carbocycles. The number of nitrogens with one attached hydrogen (secondary N) is 1. The smallest absolute Gasteiger partial charge is 0.124 e. The maximum Gasteiger partial charge on any atom is 0.124 e. The Morgan fingerprint density at radius 1 is 1.35 bits per heavy atom. The molecule has 1 aliphatic rings. The van der Waals surface area contributed by atoms with Gasteiger partial charge in [-0.1, -0.05) is 32.9 Å². The van der Waals surface area contributed by atoms with Crippen molar-refractivity contribution in [1.29, 1.82) is 0 Å². The average Bonchev–Trinajstić information content (AvgIpc) is 2.86. The molecule has 0 amide bonds. The summed E-state index contributed by atoms with van der Waals surface area (Å²) in [6.45, 7) is 11.1. The van der Waals surface area contributed by atoms with Gasteiger partial charge < -0.3 is 21.6 Å². The Morgan fingerprint density at radius 2 is 2.04 bits per heavy atom. The van der Waals surface area contributed by atoms with E-state index in [9.17, 15) is 5.11 Å². The number of phenols is 1. The van der Waals surface area contributed by atoms with Crippen molar-refractivity contribution >= 4 is 17.6 Å². The topological polar surface area (TPSA) is 91.3 Å². The van der Waals surface area contributed by atoms with Gasteiger partial charge in [-0.3, -0.25) is 4.90 Å². The van der Waals surface area contributed by atoms with Crippen LogP contribution >= 0.6 is 0 Å². The lowest BCUT2D eigenvalue weighted by Crippen LogP contribution is -2.39. The number of para-hydroxylation sites is 1. The predicted octanol–water partition coefficient (Wildman–Crippen LogP) is 3.72. The normalized spacial score (nSPS) is 18.8. The van der Waals surface area contributed by atoms with Crippen molar-refractivity contribution in [2.45, 2.75) is 40.2 Å². The summed E-state index contributed by atoms with van der Waals surface area (Å²) in [5, 5.41) is 10.1. The summed E-state index contributed by atoms with van der Waals surface area (Å²) in [5.41, 5.74) is 17.3. The molecule has 1 aliphatic heterocycles. The van der Waals surface area contributed by atoms with Crippen LogP contribution in [0.15, 0.2) is 24.3 Å². The van der Waals surface area contributed by atoms with E-state index in [0.717, 1.165) is 25.1 Å². The second kappa shape index (κ2) is 6.72. The number of nitrogens with two attached hydrogens (primary N) is 2. The zero-order valence-corrected chi connectivity index (χ0v) is 16.1. The minimum atomic E-state index is 0.173. The molecule has 0 saturated heterocycles. The minimum Gasteiger partial charge on any atom is -0.507 e. The zero-order chi connectivity index (χ0) is 19.1. The van der Waals surface area contributed by atoms with Crippen molar-refractivity contribution in [2.75, 3.05) is 18.8 Å². The molecular formula is C21H30N4O. The van der Waals surface area contributed by atoms with Gasteiger partial charge >= 0.3 is 0 Å². The van der Waals surface area contributed by atoms with Crippen LogP contribution in [0.4, 0.5) is 5.82 Å². The van der Waals surface area contributed by atoms with Crippen LogP contribution in [-0.2, 0) is 6.42 Å². The Bertz CT molecular complexity index is 829. The van der Waals surface area contributed by atoms with Crippen LogP contribution in [0.3, 0.4) is 0 Å². The third kappa shape index (κ3) is 3.58. The van der Waals surface area contributed by atoms with Gasteiger partial charge in [-0.15, -0.1) is 0 Å². The molecule has 2 heterocycles. The number of aromatic nitrogens is 1. The summed E-state index contributed by atoms with van der Waals surface area (Å²) in [4.78, 5) is 5.84. The second-order valence-corrected chi connectivity index (χ2v) is 8.42. The van der Waals surface area contributed by atoms with Gasteiger partial charge in [0.2, 0.25) is 0 Å². The van der Waals surface area contributed by atoms with Crippen LogP contribution in [0.1, 0.15) is 56.1 Å². The molecule has 0 spiro atoms. The van der Waals surface area contributed by atoms with Crippen molar-refractivity contribution in [1.82, 2.24) is 9.88 Å². The van der Waals surface area contributed by atoms with Crippen LogP contribution in [0.5, 0.6) is 5.75 Å². The molecule has 26 heavy (non-hydrogen) atoms. The molecule has 1 unspecified atom stereocenters. The number of aromatic hydroxyl groups is 1. The fraction of sp³-hybridized carbons (Fsp3) is 0.429. The van der Waals surface area contributed by atoms with Gasteiger partial charge in [0, 0.05) is 48.1 Å². The van der Waals surface area contributed by atoms with E-state index in [1.165, 1.54) is 11.3 Å². The quantitative estimate of drug-likeness (QED) is 0.676. The molecule has 5 heteroatoms. The van der Waals surface area contributed by atoms with Crippen molar-refractivity contribution in [3.8, 4) is 5.75 Å². The number of phenolic OH excluding ortho intramolecular Hbond substituents is 1. The molecule has 6 N–H and O–H groups in total. The Kier molecular flexibility index (Phi) is 4.76. The van der Waals surface area contributed by atoms with Gasteiger partial charge in [0.15, 0.2) is 0 Å². The van der Waals surface area contributed by atoms with E-state index < -0.39 is 0 Å². The fourth-order valence-electron chi connectivity index (χ4n) is 3.84. The van der Waals surface area contributed by atoms with Gasteiger partial charge in [0.05, 0.1) is 0 Å². The summed E-state index contributed by atoms with van der Waals surface area (Å²) in [5.74, 6) is 0.810. The van der Waals surface area contributed by atoms with E-state index in [4.69, 9.17) is 11.5 Å². The summed E-state index contributed by atoms with van der Waals surface area (Å²) < 4.78 is 0. The maximum absolute atomic E-state index is 10.1. The molecule has 1 aromatic heterocycles. The van der Waals surface area contributed by atoms with Gasteiger partial charge in [0.25, 0.3) is 0 Å². The molecule has 0 radical (unpaired) electrons. The molecule has 1 aromatic carbocycles.